The summed E-state index contributed by atoms with van der Waals surface area (Å²) in [4.78, 5) is 38.1. The summed E-state index contributed by atoms with van der Waals surface area (Å²) in [7, 11) is 1.30. The van der Waals surface area contributed by atoms with Gasteiger partial charge in [-0.3, -0.25) is 9.59 Å². The Hall–Kier alpha value is -4.03. The Morgan fingerprint density at radius 2 is 1.74 bits per heavy atom. The number of benzene rings is 2. The van der Waals surface area contributed by atoms with Crippen molar-refractivity contribution in [2.24, 2.45) is 0 Å². The van der Waals surface area contributed by atoms with Crippen LogP contribution in [-0.2, 0) is 33.5 Å². The Kier molecular flexibility index (Phi) is 9.63. The predicted octanol–water partition coefficient (Wildman–Crippen LogP) is 6.87. The third-order valence-corrected chi connectivity index (χ3v) is 6.66. The van der Waals surface area contributed by atoms with Crippen LogP contribution in [0.4, 0.5) is 32.0 Å². The van der Waals surface area contributed by atoms with Gasteiger partial charge in [0.25, 0.3) is 0 Å². The standard InChI is InChI=1S/C29H29F6NO6/c1-15(2)36(27(39)29(33,34)35)24-18(25(40-5)17(4)19-14-41-26(38)23(19)24)12-10-16(3)11-13-22(37)42-21-9-7-6-8-20(21)28(30,31)32/h6-10,15H,11-14H2,1-5H3. The van der Waals surface area contributed by atoms with Gasteiger partial charge in [0, 0.05) is 23.6 Å². The third-order valence-electron chi connectivity index (χ3n) is 6.66. The number of para-hydroxylation sites is 1. The van der Waals surface area contributed by atoms with E-state index in [0.717, 1.165) is 12.1 Å². The molecular formula is C29H29F6NO6. The predicted molar refractivity (Wildman–Crippen MR) is 139 cm³/mol. The molecule has 13 heteroatoms. The number of hydrogen-bond donors (Lipinski definition) is 0. The van der Waals surface area contributed by atoms with Crippen LogP contribution in [0.1, 0.15) is 66.2 Å². The first-order valence-corrected chi connectivity index (χ1v) is 12.8. The topological polar surface area (TPSA) is 82.1 Å². The number of methoxy groups -OCH3 is 1. The van der Waals surface area contributed by atoms with Crippen LogP contribution in [0, 0.1) is 6.92 Å². The fraction of sp³-hybridized carbons (Fsp3) is 0.414. The van der Waals surface area contributed by atoms with Crippen molar-refractivity contribution in [3.63, 3.8) is 0 Å². The molecule has 228 valence electrons. The molecule has 0 fully saturated rings. The number of hydrogen-bond acceptors (Lipinski definition) is 6. The minimum atomic E-state index is -5.24. The summed E-state index contributed by atoms with van der Waals surface area (Å²) in [5.41, 5.74) is -0.106. The van der Waals surface area contributed by atoms with Crippen molar-refractivity contribution in [3.05, 3.63) is 63.7 Å². The van der Waals surface area contributed by atoms with Crippen LogP contribution in [0.15, 0.2) is 35.9 Å². The van der Waals surface area contributed by atoms with Gasteiger partial charge < -0.3 is 19.1 Å². The number of amides is 1. The molecule has 1 heterocycles. The number of ether oxygens (including phenoxy) is 3. The van der Waals surface area contributed by atoms with Crippen molar-refractivity contribution >= 4 is 23.5 Å². The lowest BCUT2D eigenvalue weighted by molar-refractivity contribution is -0.170. The first-order chi connectivity index (χ1) is 19.5. The van der Waals surface area contributed by atoms with Gasteiger partial charge in [-0.2, -0.15) is 26.3 Å². The summed E-state index contributed by atoms with van der Waals surface area (Å²) in [6.07, 6.45) is -8.75. The van der Waals surface area contributed by atoms with E-state index in [-0.39, 0.29) is 48.4 Å². The van der Waals surface area contributed by atoms with Crippen molar-refractivity contribution in [2.75, 3.05) is 12.0 Å². The molecular weight excluding hydrogens is 572 g/mol. The number of allylic oxidation sites excluding steroid dienone is 2. The summed E-state index contributed by atoms with van der Waals surface area (Å²) >= 11 is 0. The number of fused-ring (bicyclic) bond motifs is 1. The molecule has 0 saturated heterocycles. The molecule has 1 aliphatic rings. The lowest BCUT2D eigenvalue weighted by Gasteiger charge is -2.32. The summed E-state index contributed by atoms with van der Waals surface area (Å²) in [5, 5.41) is 0. The number of alkyl halides is 6. The molecule has 0 spiro atoms. The van der Waals surface area contributed by atoms with Gasteiger partial charge in [-0.1, -0.05) is 23.8 Å². The van der Waals surface area contributed by atoms with E-state index in [1.165, 1.54) is 33.1 Å². The van der Waals surface area contributed by atoms with E-state index in [9.17, 15) is 40.7 Å². The lowest BCUT2D eigenvalue weighted by Crippen LogP contribution is -2.46. The van der Waals surface area contributed by atoms with Crippen molar-refractivity contribution < 1.29 is 54.9 Å². The summed E-state index contributed by atoms with van der Waals surface area (Å²) in [5.74, 6) is -4.44. The van der Waals surface area contributed by atoms with Crippen LogP contribution in [0.5, 0.6) is 11.5 Å². The average molecular weight is 602 g/mol. The molecule has 1 amide bonds. The van der Waals surface area contributed by atoms with Crippen LogP contribution in [0.3, 0.4) is 0 Å². The smallest absolute Gasteiger partial charge is 0.471 e. The van der Waals surface area contributed by atoms with Crippen molar-refractivity contribution in [2.45, 2.75) is 72.0 Å². The van der Waals surface area contributed by atoms with E-state index in [2.05, 4.69) is 0 Å². The first kappa shape index (κ1) is 32.5. The maximum atomic E-state index is 13.7. The molecule has 3 rings (SSSR count). The highest BCUT2D eigenvalue weighted by atomic mass is 19.4. The van der Waals surface area contributed by atoms with Crippen LogP contribution in [0.25, 0.3) is 0 Å². The van der Waals surface area contributed by atoms with Gasteiger partial charge in [-0.05, 0) is 58.2 Å². The highest BCUT2D eigenvalue weighted by Gasteiger charge is 2.47. The Balaban J connectivity index is 1.95. The van der Waals surface area contributed by atoms with E-state index in [0.29, 0.717) is 21.6 Å². The summed E-state index contributed by atoms with van der Waals surface area (Å²) in [6, 6.07) is 3.27. The quantitative estimate of drug-likeness (QED) is 0.135. The van der Waals surface area contributed by atoms with Crippen molar-refractivity contribution in [3.8, 4) is 11.5 Å². The normalized spacial score (nSPS) is 13.6. The number of nitrogens with zero attached hydrogens (tertiary/aromatic N) is 1. The number of esters is 2. The van der Waals surface area contributed by atoms with Crippen LogP contribution < -0.4 is 14.4 Å². The number of anilines is 1. The minimum Gasteiger partial charge on any atom is -0.496 e. The second-order valence-corrected chi connectivity index (χ2v) is 9.90. The zero-order valence-corrected chi connectivity index (χ0v) is 23.5. The molecule has 0 unspecified atom stereocenters. The third kappa shape index (κ3) is 6.88. The zero-order valence-electron chi connectivity index (χ0n) is 23.5. The molecule has 0 aromatic heterocycles. The van der Waals surface area contributed by atoms with Gasteiger partial charge in [0.1, 0.15) is 18.1 Å². The van der Waals surface area contributed by atoms with Crippen LogP contribution in [-0.4, -0.2) is 37.2 Å². The number of carbonyl (C=O) groups excluding carboxylic acids is 3. The number of rotatable bonds is 9. The summed E-state index contributed by atoms with van der Waals surface area (Å²) in [6.45, 7) is 5.76. The van der Waals surface area contributed by atoms with Gasteiger partial charge in [0.15, 0.2) is 0 Å². The minimum absolute atomic E-state index is 0.0476. The zero-order chi connectivity index (χ0) is 31.6. The Morgan fingerprint density at radius 3 is 2.31 bits per heavy atom. The van der Waals surface area contributed by atoms with Gasteiger partial charge in [-0.25, -0.2) is 4.79 Å². The maximum Gasteiger partial charge on any atom is 0.471 e. The maximum absolute atomic E-state index is 13.7. The van der Waals surface area contributed by atoms with Gasteiger partial charge in [-0.15, -0.1) is 0 Å². The van der Waals surface area contributed by atoms with E-state index in [1.807, 2.05) is 0 Å². The van der Waals surface area contributed by atoms with Crippen LogP contribution in [0.2, 0.25) is 0 Å². The average Bonchev–Trinajstić information content (AvgIpc) is 3.28. The Morgan fingerprint density at radius 1 is 1.10 bits per heavy atom. The number of carbonyl (C=O) groups is 3. The van der Waals surface area contributed by atoms with E-state index >= 15 is 0 Å². The molecule has 0 N–H and O–H groups in total. The molecule has 1 aliphatic heterocycles. The van der Waals surface area contributed by atoms with Gasteiger partial charge in [0.2, 0.25) is 0 Å². The fourth-order valence-electron chi connectivity index (χ4n) is 4.67. The fourth-order valence-corrected chi connectivity index (χ4v) is 4.67. The van der Waals surface area contributed by atoms with Crippen LogP contribution >= 0.6 is 0 Å². The molecule has 7 nitrogen and oxygen atoms in total. The SMILES string of the molecule is COc1c(C)c2c(c(N(C(=O)C(F)(F)F)C(C)C)c1CC=C(C)CCC(=O)Oc1ccccc1C(F)(F)F)C(=O)OC2. The highest BCUT2D eigenvalue weighted by Crippen LogP contribution is 2.45. The van der Waals surface area contributed by atoms with Crippen molar-refractivity contribution in [1.29, 1.82) is 0 Å². The van der Waals surface area contributed by atoms with Gasteiger partial charge in [0.05, 0.1) is 23.9 Å². The molecule has 2 aromatic rings. The molecule has 0 bridgehead atoms. The molecule has 2 aromatic carbocycles. The second-order valence-electron chi connectivity index (χ2n) is 9.90. The molecule has 0 radical (unpaired) electrons. The second kappa shape index (κ2) is 12.5. The molecule has 0 atom stereocenters. The molecule has 42 heavy (non-hydrogen) atoms. The number of halogens is 6. The lowest BCUT2D eigenvalue weighted by atomic mass is 9.92. The summed E-state index contributed by atoms with van der Waals surface area (Å²) < 4.78 is 96.2. The Labute approximate surface area is 238 Å². The number of cyclic esters (lactones) is 1. The largest absolute Gasteiger partial charge is 0.496 e. The van der Waals surface area contributed by atoms with E-state index in [1.54, 1.807) is 19.9 Å². The van der Waals surface area contributed by atoms with Gasteiger partial charge >= 0.3 is 30.2 Å². The highest BCUT2D eigenvalue weighted by molar-refractivity contribution is 6.08. The Bertz CT molecular complexity index is 1410. The molecule has 0 aliphatic carbocycles. The first-order valence-electron chi connectivity index (χ1n) is 12.8. The van der Waals surface area contributed by atoms with E-state index in [4.69, 9.17) is 14.2 Å². The van der Waals surface area contributed by atoms with Crippen molar-refractivity contribution in [1.82, 2.24) is 0 Å². The van der Waals surface area contributed by atoms with E-state index < -0.39 is 47.6 Å². The monoisotopic (exact) mass is 601 g/mol. The molecule has 0 saturated carbocycles.